The second kappa shape index (κ2) is 4.67. The molecule has 1 aromatic carbocycles. The highest BCUT2D eigenvalue weighted by Gasteiger charge is 1.94. The molecule has 1 aromatic rings. The molecule has 2 heteroatoms. The Morgan fingerprint density at radius 2 is 2.23 bits per heavy atom. The van der Waals surface area contributed by atoms with Crippen LogP contribution in [0.5, 0.6) is 5.75 Å². The zero-order chi connectivity index (χ0) is 9.68. The van der Waals surface area contributed by atoms with E-state index >= 15 is 0 Å². The van der Waals surface area contributed by atoms with Gasteiger partial charge in [-0.1, -0.05) is 25.1 Å². The molecule has 0 aliphatic rings. The lowest BCUT2D eigenvalue weighted by atomic mass is 10.1. The van der Waals surface area contributed by atoms with Gasteiger partial charge in [-0.15, -0.1) is 0 Å². The SMILES string of the molecule is CCC(=Cc1cccc(O)c1)CO. The van der Waals surface area contributed by atoms with E-state index in [1.165, 1.54) is 0 Å². The van der Waals surface area contributed by atoms with E-state index in [9.17, 15) is 5.11 Å². The third kappa shape index (κ3) is 2.92. The Labute approximate surface area is 78.2 Å². The van der Waals surface area contributed by atoms with Crippen molar-refractivity contribution in [3.8, 4) is 5.75 Å². The molecule has 0 aliphatic carbocycles. The van der Waals surface area contributed by atoms with Crippen molar-refractivity contribution in [3.63, 3.8) is 0 Å². The Hall–Kier alpha value is -1.28. The van der Waals surface area contributed by atoms with Gasteiger partial charge in [-0.2, -0.15) is 0 Å². The highest BCUT2D eigenvalue weighted by atomic mass is 16.3. The number of phenolic OH excluding ortho intramolecular Hbond substituents is 1. The van der Waals surface area contributed by atoms with Crippen LogP contribution in [0.4, 0.5) is 0 Å². The Morgan fingerprint density at radius 1 is 1.46 bits per heavy atom. The summed E-state index contributed by atoms with van der Waals surface area (Å²) in [7, 11) is 0. The van der Waals surface area contributed by atoms with Crippen molar-refractivity contribution in [3.05, 3.63) is 35.4 Å². The molecule has 0 radical (unpaired) electrons. The molecule has 1 rings (SSSR count). The van der Waals surface area contributed by atoms with E-state index < -0.39 is 0 Å². The van der Waals surface area contributed by atoms with Crippen molar-refractivity contribution in [1.29, 1.82) is 0 Å². The number of rotatable bonds is 3. The molecular formula is C11H14O2. The highest BCUT2D eigenvalue weighted by molar-refractivity contribution is 5.54. The fourth-order valence-corrected chi connectivity index (χ4v) is 1.11. The second-order valence-electron chi connectivity index (χ2n) is 2.91. The number of aliphatic hydroxyl groups is 1. The van der Waals surface area contributed by atoms with Crippen LogP contribution < -0.4 is 0 Å². The zero-order valence-corrected chi connectivity index (χ0v) is 7.70. The predicted molar refractivity (Wildman–Crippen MR) is 53.5 cm³/mol. The molecule has 0 fully saturated rings. The first-order valence-electron chi connectivity index (χ1n) is 4.35. The molecule has 0 bridgehead atoms. The summed E-state index contributed by atoms with van der Waals surface area (Å²) < 4.78 is 0. The number of hydrogen-bond donors (Lipinski definition) is 2. The smallest absolute Gasteiger partial charge is 0.116 e. The van der Waals surface area contributed by atoms with Crippen LogP contribution in [0.25, 0.3) is 6.08 Å². The fraction of sp³-hybridized carbons (Fsp3) is 0.273. The van der Waals surface area contributed by atoms with E-state index in [1.807, 2.05) is 19.1 Å². The minimum Gasteiger partial charge on any atom is -0.508 e. The third-order valence-electron chi connectivity index (χ3n) is 1.90. The molecule has 0 amide bonds. The van der Waals surface area contributed by atoms with Gasteiger partial charge in [0.1, 0.15) is 5.75 Å². The van der Waals surface area contributed by atoms with Crippen LogP contribution in [-0.2, 0) is 0 Å². The van der Waals surface area contributed by atoms with Crippen LogP contribution in [0.3, 0.4) is 0 Å². The van der Waals surface area contributed by atoms with E-state index in [0.717, 1.165) is 17.6 Å². The average Bonchev–Trinajstić information content (AvgIpc) is 2.14. The Balaban J connectivity index is 2.89. The minimum absolute atomic E-state index is 0.0756. The van der Waals surface area contributed by atoms with Crippen LogP contribution in [0, 0.1) is 0 Å². The van der Waals surface area contributed by atoms with Crippen molar-refractivity contribution in [2.75, 3.05) is 6.61 Å². The van der Waals surface area contributed by atoms with Crippen molar-refractivity contribution in [1.82, 2.24) is 0 Å². The molecular weight excluding hydrogens is 164 g/mol. The molecule has 0 saturated heterocycles. The van der Waals surface area contributed by atoms with Crippen LogP contribution in [0.2, 0.25) is 0 Å². The van der Waals surface area contributed by atoms with Gasteiger partial charge in [0.15, 0.2) is 0 Å². The van der Waals surface area contributed by atoms with Gasteiger partial charge in [0.25, 0.3) is 0 Å². The molecule has 0 heterocycles. The quantitative estimate of drug-likeness (QED) is 0.744. The molecule has 0 unspecified atom stereocenters. The van der Waals surface area contributed by atoms with Crippen LogP contribution in [-0.4, -0.2) is 16.8 Å². The van der Waals surface area contributed by atoms with Crippen LogP contribution in [0.15, 0.2) is 29.8 Å². The molecule has 2 nitrogen and oxygen atoms in total. The van der Waals surface area contributed by atoms with Gasteiger partial charge in [-0.05, 0) is 29.7 Å². The molecule has 0 aromatic heterocycles. The predicted octanol–water partition coefficient (Wildman–Crippen LogP) is 2.18. The van der Waals surface area contributed by atoms with Gasteiger partial charge in [-0.25, -0.2) is 0 Å². The normalized spacial score (nSPS) is 11.7. The molecule has 0 spiro atoms. The van der Waals surface area contributed by atoms with E-state index in [-0.39, 0.29) is 12.4 Å². The van der Waals surface area contributed by atoms with E-state index in [4.69, 9.17) is 5.11 Å². The van der Waals surface area contributed by atoms with Crippen molar-refractivity contribution in [2.45, 2.75) is 13.3 Å². The van der Waals surface area contributed by atoms with Crippen LogP contribution in [0.1, 0.15) is 18.9 Å². The number of aliphatic hydroxyl groups excluding tert-OH is 1. The van der Waals surface area contributed by atoms with Crippen molar-refractivity contribution in [2.24, 2.45) is 0 Å². The van der Waals surface area contributed by atoms with Gasteiger partial charge in [0.05, 0.1) is 6.61 Å². The number of hydrogen-bond acceptors (Lipinski definition) is 2. The number of phenols is 1. The maximum Gasteiger partial charge on any atom is 0.116 e. The fourth-order valence-electron chi connectivity index (χ4n) is 1.11. The second-order valence-corrected chi connectivity index (χ2v) is 2.91. The maximum absolute atomic E-state index is 9.18. The average molecular weight is 178 g/mol. The van der Waals surface area contributed by atoms with Crippen molar-refractivity contribution >= 4 is 6.08 Å². The summed E-state index contributed by atoms with van der Waals surface area (Å²) >= 11 is 0. The Kier molecular flexibility index (Phi) is 3.53. The lowest BCUT2D eigenvalue weighted by molar-refractivity contribution is 0.329. The standard InChI is InChI=1S/C11H14O2/c1-2-9(8-12)6-10-4-3-5-11(13)7-10/h3-7,12-13H,2,8H2,1H3. The molecule has 0 saturated carbocycles. The summed E-state index contributed by atoms with van der Waals surface area (Å²) in [5, 5.41) is 18.1. The van der Waals surface area contributed by atoms with Gasteiger partial charge in [-0.3, -0.25) is 0 Å². The Morgan fingerprint density at radius 3 is 2.77 bits per heavy atom. The minimum atomic E-state index is 0.0756. The lowest BCUT2D eigenvalue weighted by Crippen LogP contribution is -1.87. The molecule has 2 N–H and O–H groups in total. The van der Waals surface area contributed by atoms with Gasteiger partial charge >= 0.3 is 0 Å². The topological polar surface area (TPSA) is 40.5 Å². The molecule has 13 heavy (non-hydrogen) atoms. The summed E-state index contributed by atoms with van der Waals surface area (Å²) in [5.41, 5.74) is 1.89. The monoisotopic (exact) mass is 178 g/mol. The van der Waals surface area contributed by atoms with Crippen molar-refractivity contribution < 1.29 is 10.2 Å². The van der Waals surface area contributed by atoms with Crippen LogP contribution >= 0.6 is 0 Å². The summed E-state index contributed by atoms with van der Waals surface area (Å²) in [5.74, 6) is 0.252. The first kappa shape index (κ1) is 9.81. The first-order chi connectivity index (χ1) is 6.26. The zero-order valence-electron chi connectivity index (χ0n) is 7.70. The summed E-state index contributed by atoms with van der Waals surface area (Å²) in [4.78, 5) is 0. The molecule has 0 atom stereocenters. The number of benzene rings is 1. The van der Waals surface area contributed by atoms with E-state index in [1.54, 1.807) is 18.2 Å². The summed E-state index contributed by atoms with van der Waals surface area (Å²) in [6.45, 7) is 2.07. The van der Waals surface area contributed by atoms with Gasteiger partial charge < -0.3 is 10.2 Å². The first-order valence-corrected chi connectivity index (χ1v) is 4.35. The third-order valence-corrected chi connectivity index (χ3v) is 1.90. The van der Waals surface area contributed by atoms with E-state index in [2.05, 4.69) is 0 Å². The largest absolute Gasteiger partial charge is 0.508 e. The molecule has 0 aliphatic heterocycles. The van der Waals surface area contributed by atoms with E-state index in [0.29, 0.717) is 0 Å². The Bertz CT molecular complexity index is 297. The maximum atomic E-state index is 9.18. The summed E-state index contributed by atoms with van der Waals surface area (Å²) in [6, 6.07) is 6.98. The van der Waals surface area contributed by atoms with Gasteiger partial charge in [0, 0.05) is 0 Å². The highest BCUT2D eigenvalue weighted by Crippen LogP contribution is 2.14. The molecule has 70 valence electrons. The lowest BCUT2D eigenvalue weighted by Gasteiger charge is -2.00. The number of aromatic hydroxyl groups is 1. The summed E-state index contributed by atoms with van der Waals surface area (Å²) in [6.07, 6.45) is 2.71. The van der Waals surface area contributed by atoms with Gasteiger partial charge in [0.2, 0.25) is 0 Å².